The van der Waals surface area contributed by atoms with Gasteiger partial charge in [0.05, 0.1) is 4.21 Å². The molecule has 0 fully saturated rings. The summed E-state index contributed by atoms with van der Waals surface area (Å²) >= 11 is 3.35. The minimum absolute atomic E-state index is 0.0143. The fraction of sp³-hybridized carbons (Fsp3) is 0.556. The number of thiophene rings is 1. The molecule has 1 aromatic rings. The molecule has 3 nitrogen and oxygen atoms in total. The summed E-state index contributed by atoms with van der Waals surface area (Å²) in [6, 6.07) is 4.09. The number of hydrogen-bond donors (Lipinski definition) is 0. The summed E-state index contributed by atoms with van der Waals surface area (Å²) in [7, 11) is 2.71. The molecule has 1 rings (SSSR count). The lowest BCUT2D eigenvalue weighted by Crippen LogP contribution is -2.48. The highest BCUT2D eigenvalue weighted by Gasteiger charge is 2.45. The van der Waals surface area contributed by atoms with E-state index in [1.165, 1.54) is 4.21 Å². The highest BCUT2D eigenvalue weighted by atomic mass is 32.4. The van der Waals surface area contributed by atoms with Crippen molar-refractivity contribution in [3.05, 3.63) is 17.5 Å². The van der Waals surface area contributed by atoms with E-state index >= 15 is 0 Å². The topological polar surface area (TPSA) is 27.7 Å². The van der Waals surface area contributed by atoms with Crippen LogP contribution in [0.3, 0.4) is 0 Å². The van der Waals surface area contributed by atoms with E-state index in [1.54, 1.807) is 43.9 Å². The van der Waals surface area contributed by atoms with Crippen LogP contribution < -0.4 is 0 Å². The fourth-order valence-electron chi connectivity index (χ4n) is 1.19. The standard InChI is InChI=1S/C9H16O3S2Si/c1-8(10-2)15(11-3,12-4)14-9-6-5-7-13-9/h5-8H,1-4H3. The van der Waals surface area contributed by atoms with E-state index in [-0.39, 0.29) is 5.73 Å². The molecule has 1 aromatic heterocycles. The Bertz CT molecular complexity index is 275. The van der Waals surface area contributed by atoms with Crippen molar-refractivity contribution >= 4 is 30.3 Å². The molecule has 1 heterocycles. The van der Waals surface area contributed by atoms with Gasteiger partial charge in [0, 0.05) is 21.3 Å². The summed E-state index contributed by atoms with van der Waals surface area (Å²) in [5, 5.41) is 2.05. The molecule has 1 atom stereocenters. The van der Waals surface area contributed by atoms with E-state index in [1.807, 2.05) is 18.4 Å². The van der Waals surface area contributed by atoms with Crippen LogP contribution >= 0.6 is 22.5 Å². The second kappa shape index (κ2) is 6.02. The maximum Gasteiger partial charge on any atom is 0.440 e. The summed E-state index contributed by atoms with van der Waals surface area (Å²) in [5.41, 5.74) is -0.0143. The summed E-state index contributed by atoms with van der Waals surface area (Å²) < 4.78 is 17.7. The molecule has 0 saturated heterocycles. The van der Waals surface area contributed by atoms with Crippen LogP contribution in [0.15, 0.2) is 21.7 Å². The number of methoxy groups -OCH3 is 1. The Kier molecular flexibility index (Phi) is 5.31. The Hall–Kier alpha value is 0.147. The van der Waals surface area contributed by atoms with Crippen molar-refractivity contribution in [2.24, 2.45) is 0 Å². The maximum atomic E-state index is 5.57. The van der Waals surface area contributed by atoms with Gasteiger partial charge in [-0.15, -0.1) is 11.3 Å². The second-order valence-electron chi connectivity index (χ2n) is 2.92. The molecule has 15 heavy (non-hydrogen) atoms. The summed E-state index contributed by atoms with van der Waals surface area (Å²) in [4.78, 5) is 0. The van der Waals surface area contributed by atoms with Gasteiger partial charge in [-0.2, -0.15) is 0 Å². The molecule has 0 bridgehead atoms. The Morgan fingerprint density at radius 1 is 1.33 bits per heavy atom. The van der Waals surface area contributed by atoms with E-state index < -0.39 is 7.71 Å². The minimum atomic E-state index is -2.35. The first kappa shape index (κ1) is 13.2. The van der Waals surface area contributed by atoms with Crippen LogP contribution in [0.25, 0.3) is 0 Å². The first-order chi connectivity index (χ1) is 7.18. The number of ether oxygens (including phenoxy) is 1. The molecule has 1 unspecified atom stereocenters. The van der Waals surface area contributed by atoms with Crippen LogP contribution in [0.2, 0.25) is 0 Å². The molecule has 0 N–H and O–H groups in total. The molecular weight excluding hydrogens is 248 g/mol. The highest BCUT2D eigenvalue weighted by Crippen LogP contribution is 2.36. The van der Waals surface area contributed by atoms with Crippen molar-refractivity contribution in [2.45, 2.75) is 16.9 Å². The average molecular weight is 264 g/mol. The summed E-state index contributed by atoms with van der Waals surface area (Å²) in [6.45, 7) is 1.99. The fourth-order valence-corrected chi connectivity index (χ4v) is 7.68. The van der Waals surface area contributed by atoms with Crippen LogP contribution in [0, 0.1) is 0 Å². The molecule has 0 amide bonds. The largest absolute Gasteiger partial charge is 0.440 e. The van der Waals surface area contributed by atoms with Crippen LogP contribution in [-0.2, 0) is 13.6 Å². The first-order valence-electron chi connectivity index (χ1n) is 4.54. The van der Waals surface area contributed by atoms with Gasteiger partial charge >= 0.3 is 7.71 Å². The number of rotatable bonds is 6. The van der Waals surface area contributed by atoms with Gasteiger partial charge in [-0.25, -0.2) is 0 Å². The Balaban J connectivity index is 2.81. The van der Waals surface area contributed by atoms with Crippen molar-refractivity contribution in [1.29, 1.82) is 0 Å². The molecule has 0 aliphatic heterocycles. The molecule has 0 radical (unpaired) electrons. The zero-order chi connectivity index (χ0) is 11.3. The first-order valence-corrected chi connectivity index (χ1v) is 8.85. The lowest BCUT2D eigenvalue weighted by molar-refractivity contribution is 0.121. The zero-order valence-corrected chi connectivity index (χ0v) is 12.0. The summed E-state index contributed by atoms with van der Waals surface area (Å²) in [6.07, 6.45) is 0. The van der Waals surface area contributed by atoms with Gasteiger partial charge in [0.2, 0.25) is 0 Å². The normalized spacial score (nSPS) is 14.1. The van der Waals surface area contributed by atoms with Crippen LogP contribution in [0.5, 0.6) is 0 Å². The third-order valence-corrected chi connectivity index (χ3v) is 10.3. The third-order valence-electron chi connectivity index (χ3n) is 2.16. The highest BCUT2D eigenvalue weighted by molar-refractivity contribution is 8.28. The van der Waals surface area contributed by atoms with Crippen molar-refractivity contribution in [2.75, 3.05) is 21.3 Å². The molecule has 0 aromatic carbocycles. The third kappa shape index (κ3) is 3.05. The lowest BCUT2D eigenvalue weighted by atomic mass is 10.7. The van der Waals surface area contributed by atoms with E-state index in [2.05, 4.69) is 6.07 Å². The molecule has 0 aliphatic carbocycles. The van der Waals surface area contributed by atoms with Gasteiger partial charge in [0.1, 0.15) is 5.73 Å². The van der Waals surface area contributed by atoms with Gasteiger partial charge in [-0.3, -0.25) is 0 Å². The van der Waals surface area contributed by atoms with Gasteiger partial charge in [-0.05, 0) is 18.4 Å². The monoisotopic (exact) mass is 264 g/mol. The van der Waals surface area contributed by atoms with Gasteiger partial charge in [-0.1, -0.05) is 17.3 Å². The molecule has 6 heteroatoms. The second-order valence-corrected chi connectivity index (χ2v) is 9.93. The van der Waals surface area contributed by atoms with Gasteiger partial charge < -0.3 is 13.6 Å². The van der Waals surface area contributed by atoms with Crippen molar-refractivity contribution in [3.63, 3.8) is 0 Å². The van der Waals surface area contributed by atoms with Gasteiger partial charge in [0.15, 0.2) is 0 Å². The Morgan fingerprint density at radius 3 is 2.40 bits per heavy atom. The average Bonchev–Trinajstić information content (AvgIpc) is 2.77. The smallest absolute Gasteiger partial charge is 0.388 e. The Morgan fingerprint density at radius 2 is 2.00 bits per heavy atom. The summed E-state index contributed by atoms with van der Waals surface area (Å²) in [5.74, 6) is 0. The maximum absolute atomic E-state index is 5.57. The zero-order valence-electron chi connectivity index (χ0n) is 9.35. The lowest BCUT2D eigenvalue weighted by Gasteiger charge is -2.30. The SMILES string of the molecule is COC(C)[Si](OC)(OC)Sc1cccs1. The van der Waals surface area contributed by atoms with Gasteiger partial charge in [0.25, 0.3) is 0 Å². The molecule has 0 saturated carbocycles. The van der Waals surface area contributed by atoms with E-state index in [0.29, 0.717) is 0 Å². The van der Waals surface area contributed by atoms with Crippen LogP contribution in [0.4, 0.5) is 0 Å². The molecule has 86 valence electrons. The van der Waals surface area contributed by atoms with Crippen LogP contribution in [-0.4, -0.2) is 34.8 Å². The molecule has 0 aliphatic rings. The van der Waals surface area contributed by atoms with E-state index in [0.717, 1.165) is 0 Å². The number of hydrogen-bond acceptors (Lipinski definition) is 5. The molecule has 0 spiro atoms. The Labute approximate surface area is 99.6 Å². The van der Waals surface area contributed by atoms with Crippen molar-refractivity contribution in [3.8, 4) is 0 Å². The predicted octanol–water partition coefficient (Wildman–Crippen LogP) is 2.65. The predicted molar refractivity (Wildman–Crippen MR) is 66.4 cm³/mol. The quantitative estimate of drug-likeness (QED) is 0.738. The molecular formula is C9H16O3S2Si. The minimum Gasteiger partial charge on any atom is -0.388 e. The van der Waals surface area contributed by atoms with Crippen LogP contribution in [0.1, 0.15) is 6.92 Å². The van der Waals surface area contributed by atoms with E-state index in [4.69, 9.17) is 13.6 Å². The van der Waals surface area contributed by atoms with Crippen molar-refractivity contribution < 1.29 is 13.6 Å². The van der Waals surface area contributed by atoms with E-state index in [9.17, 15) is 0 Å². The van der Waals surface area contributed by atoms with Crippen molar-refractivity contribution in [1.82, 2.24) is 0 Å².